The van der Waals surface area contributed by atoms with Crippen molar-refractivity contribution in [1.82, 2.24) is 0 Å². The van der Waals surface area contributed by atoms with Gasteiger partial charge in [0.15, 0.2) is 0 Å². The third-order valence-electron chi connectivity index (χ3n) is 2.03. The maximum Gasteiger partial charge on any atom is -0.00105 e. The van der Waals surface area contributed by atoms with Crippen molar-refractivity contribution in [2.45, 2.75) is 19.8 Å². The van der Waals surface area contributed by atoms with Crippen LogP contribution in [0.15, 0.2) is 36.9 Å². The first-order valence-corrected chi connectivity index (χ1v) is 3.93. The fraction of sp³-hybridized carbons (Fsp3) is 0.273. The SMILES string of the molecule is C=CC(C)c1ccccc1C. The molecule has 0 saturated heterocycles. The molecule has 0 heteroatoms. The molecule has 11 heavy (non-hydrogen) atoms. The van der Waals surface area contributed by atoms with Crippen LogP contribution >= 0.6 is 0 Å². The van der Waals surface area contributed by atoms with Crippen molar-refractivity contribution in [3.05, 3.63) is 48.0 Å². The normalized spacial score (nSPS) is 12.5. The average Bonchev–Trinajstić information content (AvgIpc) is 2.04. The van der Waals surface area contributed by atoms with Crippen LogP contribution in [-0.2, 0) is 0 Å². The zero-order valence-corrected chi connectivity index (χ0v) is 7.17. The molecule has 0 aliphatic carbocycles. The monoisotopic (exact) mass is 146 g/mol. The first-order valence-electron chi connectivity index (χ1n) is 3.93. The van der Waals surface area contributed by atoms with E-state index < -0.39 is 0 Å². The van der Waals surface area contributed by atoms with E-state index in [1.54, 1.807) is 0 Å². The van der Waals surface area contributed by atoms with E-state index in [0.717, 1.165) is 0 Å². The summed E-state index contributed by atoms with van der Waals surface area (Å²) < 4.78 is 0. The Hall–Kier alpha value is -1.04. The molecule has 0 aliphatic rings. The first-order chi connectivity index (χ1) is 5.25. The largest absolute Gasteiger partial charge is 0.102 e. The van der Waals surface area contributed by atoms with Crippen molar-refractivity contribution in [1.29, 1.82) is 0 Å². The summed E-state index contributed by atoms with van der Waals surface area (Å²) in [4.78, 5) is 0. The minimum Gasteiger partial charge on any atom is -0.102 e. The predicted octanol–water partition coefficient (Wildman–Crippen LogP) is 3.28. The fourth-order valence-corrected chi connectivity index (χ4v) is 1.22. The van der Waals surface area contributed by atoms with Crippen LogP contribution in [0.1, 0.15) is 24.0 Å². The fourth-order valence-electron chi connectivity index (χ4n) is 1.22. The maximum atomic E-state index is 3.78. The van der Waals surface area contributed by atoms with Crippen LogP contribution in [0.25, 0.3) is 0 Å². The second-order valence-electron chi connectivity index (χ2n) is 2.88. The van der Waals surface area contributed by atoms with Gasteiger partial charge in [0.25, 0.3) is 0 Å². The average molecular weight is 146 g/mol. The molecule has 0 bridgehead atoms. The highest BCUT2D eigenvalue weighted by Crippen LogP contribution is 2.19. The highest BCUT2D eigenvalue weighted by molar-refractivity contribution is 5.30. The number of hydrogen-bond acceptors (Lipinski definition) is 0. The quantitative estimate of drug-likeness (QED) is 0.562. The van der Waals surface area contributed by atoms with E-state index in [9.17, 15) is 0 Å². The zero-order valence-electron chi connectivity index (χ0n) is 7.17. The van der Waals surface area contributed by atoms with Gasteiger partial charge in [0.05, 0.1) is 0 Å². The highest BCUT2D eigenvalue weighted by Gasteiger charge is 2.01. The molecule has 0 aliphatic heterocycles. The molecule has 0 fully saturated rings. The Labute approximate surface area is 68.6 Å². The van der Waals surface area contributed by atoms with E-state index in [2.05, 4.69) is 44.7 Å². The molecule has 1 atom stereocenters. The molecule has 0 heterocycles. The molecule has 0 amide bonds. The molecule has 1 aromatic carbocycles. The van der Waals surface area contributed by atoms with Crippen molar-refractivity contribution >= 4 is 0 Å². The minimum absolute atomic E-state index is 0.469. The van der Waals surface area contributed by atoms with Crippen molar-refractivity contribution in [3.8, 4) is 0 Å². The van der Waals surface area contributed by atoms with Gasteiger partial charge in [-0.3, -0.25) is 0 Å². The summed E-state index contributed by atoms with van der Waals surface area (Å²) in [6, 6.07) is 8.42. The van der Waals surface area contributed by atoms with Gasteiger partial charge in [-0.05, 0) is 24.0 Å². The highest BCUT2D eigenvalue weighted by atomic mass is 14.1. The Morgan fingerprint density at radius 3 is 2.55 bits per heavy atom. The lowest BCUT2D eigenvalue weighted by atomic mass is 9.97. The summed E-state index contributed by atoms with van der Waals surface area (Å²) in [5.74, 6) is 0.469. The van der Waals surface area contributed by atoms with Gasteiger partial charge in [-0.2, -0.15) is 0 Å². The molecular weight excluding hydrogens is 132 g/mol. The Bertz CT molecular complexity index is 248. The topological polar surface area (TPSA) is 0 Å². The first kappa shape index (κ1) is 8.06. The van der Waals surface area contributed by atoms with E-state index in [4.69, 9.17) is 0 Å². The molecular formula is C11H14. The standard InChI is InChI=1S/C11H14/c1-4-9(2)11-8-6-5-7-10(11)3/h4-9H,1H2,2-3H3. The van der Waals surface area contributed by atoms with Gasteiger partial charge in [0, 0.05) is 0 Å². The molecule has 0 spiro atoms. The summed E-state index contributed by atoms with van der Waals surface area (Å²) in [7, 11) is 0. The summed E-state index contributed by atoms with van der Waals surface area (Å²) in [5.41, 5.74) is 2.72. The van der Waals surface area contributed by atoms with Gasteiger partial charge >= 0.3 is 0 Å². The Balaban J connectivity index is 3.02. The van der Waals surface area contributed by atoms with Gasteiger partial charge < -0.3 is 0 Å². The van der Waals surface area contributed by atoms with E-state index in [1.165, 1.54) is 11.1 Å². The van der Waals surface area contributed by atoms with Crippen LogP contribution in [0.3, 0.4) is 0 Å². The maximum absolute atomic E-state index is 3.78. The molecule has 0 aromatic heterocycles. The third-order valence-corrected chi connectivity index (χ3v) is 2.03. The molecule has 58 valence electrons. The summed E-state index contributed by atoms with van der Waals surface area (Å²) in [5, 5.41) is 0. The molecule has 1 rings (SSSR count). The number of aryl methyl sites for hydroxylation is 1. The minimum atomic E-state index is 0.469. The van der Waals surface area contributed by atoms with Crippen molar-refractivity contribution in [2.24, 2.45) is 0 Å². The van der Waals surface area contributed by atoms with Crippen LogP contribution in [0, 0.1) is 6.92 Å². The van der Waals surface area contributed by atoms with Gasteiger partial charge in [-0.1, -0.05) is 37.3 Å². The van der Waals surface area contributed by atoms with Crippen molar-refractivity contribution < 1.29 is 0 Å². The Kier molecular flexibility index (Phi) is 2.48. The van der Waals surface area contributed by atoms with Crippen molar-refractivity contribution in [2.75, 3.05) is 0 Å². The zero-order chi connectivity index (χ0) is 8.27. The molecule has 0 N–H and O–H groups in total. The number of hydrogen-bond donors (Lipinski definition) is 0. The van der Waals surface area contributed by atoms with Crippen LogP contribution in [0.5, 0.6) is 0 Å². The molecule has 1 unspecified atom stereocenters. The van der Waals surface area contributed by atoms with Gasteiger partial charge in [-0.25, -0.2) is 0 Å². The lowest BCUT2D eigenvalue weighted by Crippen LogP contribution is -1.91. The second kappa shape index (κ2) is 3.38. The molecule has 0 saturated carbocycles. The Morgan fingerprint density at radius 1 is 1.36 bits per heavy atom. The van der Waals surface area contributed by atoms with Crippen molar-refractivity contribution in [3.63, 3.8) is 0 Å². The summed E-state index contributed by atoms with van der Waals surface area (Å²) in [6.45, 7) is 8.07. The van der Waals surface area contributed by atoms with Gasteiger partial charge in [0.1, 0.15) is 0 Å². The van der Waals surface area contributed by atoms with Gasteiger partial charge in [0.2, 0.25) is 0 Å². The van der Waals surface area contributed by atoms with Gasteiger partial charge in [-0.15, -0.1) is 6.58 Å². The van der Waals surface area contributed by atoms with Crippen LogP contribution in [0.4, 0.5) is 0 Å². The number of benzene rings is 1. The number of rotatable bonds is 2. The van der Waals surface area contributed by atoms with Crippen LogP contribution in [-0.4, -0.2) is 0 Å². The molecule has 0 radical (unpaired) electrons. The molecule has 0 nitrogen and oxygen atoms in total. The second-order valence-corrected chi connectivity index (χ2v) is 2.88. The van der Waals surface area contributed by atoms with E-state index >= 15 is 0 Å². The lowest BCUT2D eigenvalue weighted by molar-refractivity contribution is 0.956. The molecule has 1 aromatic rings. The van der Waals surface area contributed by atoms with E-state index in [1.807, 2.05) is 6.08 Å². The van der Waals surface area contributed by atoms with Crippen LogP contribution in [0.2, 0.25) is 0 Å². The van der Waals surface area contributed by atoms with Crippen LogP contribution < -0.4 is 0 Å². The smallest absolute Gasteiger partial charge is 0.00105 e. The third kappa shape index (κ3) is 1.70. The lowest BCUT2D eigenvalue weighted by Gasteiger charge is -2.08. The summed E-state index contributed by atoms with van der Waals surface area (Å²) in [6.07, 6.45) is 1.97. The Morgan fingerprint density at radius 2 is 2.00 bits per heavy atom. The van der Waals surface area contributed by atoms with E-state index in [-0.39, 0.29) is 0 Å². The predicted molar refractivity (Wildman–Crippen MR) is 49.8 cm³/mol. The van der Waals surface area contributed by atoms with E-state index in [0.29, 0.717) is 5.92 Å². The number of allylic oxidation sites excluding steroid dienone is 1. The summed E-state index contributed by atoms with van der Waals surface area (Å²) >= 11 is 0.